The van der Waals surface area contributed by atoms with Crippen molar-refractivity contribution in [1.29, 1.82) is 0 Å². The van der Waals surface area contributed by atoms with Gasteiger partial charge in [0, 0.05) is 35.9 Å². The summed E-state index contributed by atoms with van der Waals surface area (Å²) in [7, 11) is 0. The zero-order valence-corrected chi connectivity index (χ0v) is 16.3. The van der Waals surface area contributed by atoms with Crippen LogP contribution in [0.25, 0.3) is 10.9 Å². The highest BCUT2D eigenvalue weighted by Crippen LogP contribution is 2.36. The first-order valence-electron chi connectivity index (χ1n) is 10.3. The first-order valence-corrected chi connectivity index (χ1v) is 10.3. The number of nitrogens with zero attached hydrogens (tertiary/aromatic N) is 1. The second-order valence-corrected chi connectivity index (χ2v) is 8.12. The molecule has 0 saturated carbocycles. The first kappa shape index (κ1) is 18.1. The third kappa shape index (κ3) is 3.25. The van der Waals surface area contributed by atoms with Crippen molar-refractivity contribution in [3.05, 3.63) is 78.9 Å². The van der Waals surface area contributed by atoms with Crippen LogP contribution < -0.4 is 4.90 Å². The number of quaternary nitrogens is 1. The molecule has 5 nitrogen and oxygen atoms in total. The fourth-order valence-electron chi connectivity index (χ4n) is 5.19. The molecule has 3 aliphatic heterocycles. The molecule has 0 aliphatic carbocycles. The lowest BCUT2D eigenvalue weighted by Crippen LogP contribution is -3.20. The third-order valence-electron chi connectivity index (χ3n) is 6.63. The third-order valence-corrected chi connectivity index (χ3v) is 6.63. The molecule has 3 fully saturated rings. The monoisotopic (exact) mass is 389 g/mol. The maximum atomic E-state index is 12.8. The van der Waals surface area contributed by atoms with Crippen LogP contribution in [0, 0.1) is 11.8 Å². The number of nitrogens with one attached hydrogen (secondary N) is 1. The van der Waals surface area contributed by atoms with E-state index in [0.29, 0.717) is 11.8 Å². The Balaban J connectivity index is 1.55. The van der Waals surface area contributed by atoms with Gasteiger partial charge in [-0.2, -0.15) is 0 Å². The number of hydrogen-bond donors (Lipinski definition) is 1. The van der Waals surface area contributed by atoms with Gasteiger partial charge in [-0.05, 0) is 30.2 Å². The lowest BCUT2D eigenvalue weighted by Gasteiger charge is -2.48. The van der Waals surface area contributed by atoms with Crippen molar-refractivity contribution < 1.29 is 18.8 Å². The highest BCUT2D eigenvalue weighted by molar-refractivity contribution is 5.87. The first-order chi connectivity index (χ1) is 14.2. The van der Waals surface area contributed by atoms with Gasteiger partial charge in [-0.1, -0.05) is 24.3 Å². The minimum atomic E-state index is -0.414. The van der Waals surface area contributed by atoms with E-state index in [0.717, 1.165) is 36.0 Å². The molecule has 2 bridgehead atoms. The highest BCUT2D eigenvalue weighted by atomic mass is 16.6. The SMILES string of the molecule is C=C[C@@H]1C[NH+]2CC[C@@H]1C[C@@H]2[C@H](OC(=O)c1ccco1)c1ccnc2ccccc12. The second kappa shape index (κ2) is 7.48. The fourth-order valence-corrected chi connectivity index (χ4v) is 5.19. The molecule has 5 atom stereocenters. The number of furan rings is 1. The molecular formula is C24H25N2O3+. The number of piperidine rings is 3. The van der Waals surface area contributed by atoms with Gasteiger partial charge in [0.15, 0.2) is 6.10 Å². The fraction of sp³-hybridized carbons (Fsp3) is 0.333. The van der Waals surface area contributed by atoms with E-state index < -0.39 is 5.97 Å². The van der Waals surface area contributed by atoms with Crippen LogP contribution in [0.3, 0.4) is 0 Å². The highest BCUT2D eigenvalue weighted by Gasteiger charge is 2.47. The summed E-state index contributed by atoms with van der Waals surface area (Å²) in [4.78, 5) is 18.8. The molecule has 3 saturated heterocycles. The van der Waals surface area contributed by atoms with Crippen LogP contribution in [-0.4, -0.2) is 30.1 Å². The maximum absolute atomic E-state index is 12.8. The molecule has 1 aromatic carbocycles. The van der Waals surface area contributed by atoms with Crippen molar-refractivity contribution in [3.8, 4) is 0 Å². The largest absolute Gasteiger partial charge is 0.457 e. The normalized spacial score (nSPS) is 26.9. The molecule has 0 amide bonds. The van der Waals surface area contributed by atoms with Gasteiger partial charge in [0.2, 0.25) is 5.76 Å². The minimum Gasteiger partial charge on any atom is -0.457 e. The number of pyridine rings is 1. The quantitative estimate of drug-likeness (QED) is 0.538. The van der Waals surface area contributed by atoms with Crippen molar-refractivity contribution in [3.63, 3.8) is 0 Å². The average Bonchev–Trinajstić information content (AvgIpc) is 3.32. The van der Waals surface area contributed by atoms with Gasteiger partial charge in [-0.25, -0.2) is 4.79 Å². The van der Waals surface area contributed by atoms with Crippen molar-refractivity contribution in [2.45, 2.75) is 25.0 Å². The molecule has 1 N–H and O–H groups in total. The number of ether oxygens (including phenoxy) is 1. The summed E-state index contributed by atoms with van der Waals surface area (Å²) in [5.74, 6) is 0.977. The van der Waals surface area contributed by atoms with E-state index >= 15 is 0 Å². The standard InChI is InChI=1S/C24H24N2O3/c1-2-16-15-26-12-10-17(16)14-21(26)23(29-24(27)22-8-5-13-28-22)19-9-11-25-20-7-4-3-6-18(19)20/h2-9,11,13,16-17,21,23H,1,10,12,14-15H2/p+1/t16-,17-,21-,23-/m1/s1. The summed E-state index contributed by atoms with van der Waals surface area (Å²) in [5.41, 5.74) is 1.94. The van der Waals surface area contributed by atoms with Gasteiger partial charge >= 0.3 is 5.97 Å². The Hall–Kier alpha value is -2.92. The molecule has 0 radical (unpaired) electrons. The number of benzene rings is 1. The van der Waals surface area contributed by atoms with Gasteiger partial charge in [-0.15, -0.1) is 6.58 Å². The summed E-state index contributed by atoms with van der Waals surface area (Å²) in [6, 6.07) is 13.6. The summed E-state index contributed by atoms with van der Waals surface area (Å²) >= 11 is 0. The number of para-hydroxylation sites is 1. The molecule has 148 valence electrons. The van der Waals surface area contributed by atoms with E-state index in [4.69, 9.17) is 9.15 Å². The van der Waals surface area contributed by atoms with Gasteiger partial charge in [0.1, 0.15) is 6.04 Å². The molecule has 3 aromatic rings. The Morgan fingerprint density at radius 1 is 1.28 bits per heavy atom. The predicted octanol–water partition coefficient (Wildman–Crippen LogP) is 3.21. The van der Waals surface area contributed by atoms with Crippen molar-refractivity contribution in [2.24, 2.45) is 11.8 Å². The van der Waals surface area contributed by atoms with E-state index in [1.165, 1.54) is 17.6 Å². The molecule has 0 spiro atoms. The Kier molecular flexibility index (Phi) is 4.68. The number of hydrogen-bond acceptors (Lipinski definition) is 4. The molecular weight excluding hydrogens is 364 g/mol. The topological polar surface area (TPSA) is 56.8 Å². The van der Waals surface area contributed by atoms with E-state index in [1.807, 2.05) is 30.5 Å². The summed E-state index contributed by atoms with van der Waals surface area (Å²) < 4.78 is 11.4. The molecule has 1 unspecified atom stereocenters. The zero-order chi connectivity index (χ0) is 19.8. The Morgan fingerprint density at radius 2 is 2.17 bits per heavy atom. The summed E-state index contributed by atoms with van der Waals surface area (Å²) in [5, 5.41) is 1.04. The Morgan fingerprint density at radius 3 is 2.93 bits per heavy atom. The van der Waals surface area contributed by atoms with Crippen molar-refractivity contribution in [1.82, 2.24) is 4.98 Å². The van der Waals surface area contributed by atoms with Crippen LogP contribution >= 0.6 is 0 Å². The molecule has 5 heterocycles. The smallest absolute Gasteiger partial charge is 0.375 e. The van der Waals surface area contributed by atoms with Crippen molar-refractivity contribution >= 4 is 16.9 Å². The lowest BCUT2D eigenvalue weighted by molar-refractivity contribution is -0.949. The van der Waals surface area contributed by atoms with Gasteiger partial charge in [-0.3, -0.25) is 4.98 Å². The maximum Gasteiger partial charge on any atom is 0.375 e. The van der Waals surface area contributed by atoms with Crippen LogP contribution in [-0.2, 0) is 4.74 Å². The van der Waals surface area contributed by atoms with Gasteiger partial charge < -0.3 is 14.1 Å². The van der Waals surface area contributed by atoms with Crippen LogP contribution in [0.1, 0.15) is 35.1 Å². The summed E-state index contributed by atoms with van der Waals surface area (Å²) in [6.07, 6.45) is 7.30. The zero-order valence-electron chi connectivity index (χ0n) is 16.3. The molecule has 29 heavy (non-hydrogen) atoms. The van der Waals surface area contributed by atoms with Crippen LogP contribution in [0.4, 0.5) is 0 Å². The Labute approximate surface area is 170 Å². The Bertz CT molecular complexity index is 1020. The van der Waals surface area contributed by atoms with E-state index in [9.17, 15) is 4.79 Å². The number of fused-ring (bicyclic) bond motifs is 4. The van der Waals surface area contributed by atoms with Gasteiger partial charge in [0.25, 0.3) is 0 Å². The van der Waals surface area contributed by atoms with Gasteiger partial charge in [0.05, 0.1) is 24.9 Å². The average molecular weight is 389 g/mol. The van der Waals surface area contributed by atoms with Crippen molar-refractivity contribution in [2.75, 3.05) is 13.1 Å². The number of rotatable bonds is 5. The second-order valence-electron chi connectivity index (χ2n) is 8.12. The van der Waals surface area contributed by atoms with E-state index in [-0.39, 0.29) is 17.9 Å². The summed E-state index contributed by atoms with van der Waals surface area (Å²) in [6.45, 7) is 6.20. The van der Waals surface area contributed by atoms with E-state index in [1.54, 1.807) is 12.1 Å². The molecule has 3 aliphatic rings. The molecule has 2 aromatic heterocycles. The van der Waals surface area contributed by atoms with Crippen LogP contribution in [0.5, 0.6) is 0 Å². The van der Waals surface area contributed by atoms with Crippen LogP contribution in [0.2, 0.25) is 0 Å². The predicted molar refractivity (Wildman–Crippen MR) is 110 cm³/mol. The molecule has 6 rings (SSSR count). The number of carbonyl (C=O) groups is 1. The number of aromatic nitrogens is 1. The number of carbonyl (C=O) groups excluding carboxylic acids is 1. The molecule has 5 heteroatoms. The van der Waals surface area contributed by atoms with E-state index in [2.05, 4.69) is 23.7 Å². The van der Waals surface area contributed by atoms with Crippen LogP contribution in [0.15, 0.2) is 72.0 Å². The minimum absolute atomic E-state index is 0.217. The number of esters is 1. The lowest BCUT2D eigenvalue weighted by atomic mass is 9.73.